The molecule has 0 unspecified atom stereocenters. The van der Waals surface area contributed by atoms with Gasteiger partial charge in [-0.05, 0) is 53.8 Å². The van der Waals surface area contributed by atoms with Gasteiger partial charge in [0.2, 0.25) is 0 Å². The van der Waals surface area contributed by atoms with Gasteiger partial charge in [0.15, 0.2) is 0 Å². The van der Waals surface area contributed by atoms with E-state index in [2.05, 4.69) is 27.9 Å². The molecule has 0 bridgehead atoms. The predicted octanol–water partition coefficient (Wildman–Crippen LogP) is 2.06. The molecule has 1 rings (SSSR count). The molecule has 0 atom stereocenters. The zero-order chi connectivity index (χ0) is 11.1. The van der Waals surface area contributed by atoms with Gasteiger partial charge >= 0.3 is 0 Å². The van der Waals surface area contributed by atoms with E-state index in [1.54, 1.807) is 0 Å². The largest absolute Gasteiger partial charge is 0.380 e. The molecule has 82 valence electrons. The van der Waals surface area contributed by atoms with Gasteiger partial charge in [0.25, 0.3) is 5.91 Å². The Morgan fingerprint density at radius 2 is 2.07 bits per heavy atom. The Hall–Kier alpha value is -0.620. The summed E-state index contributed by atoms with van der Waals surface area (Å²) in [5.74, 6) is -0.0499. The average Bonchev–Trinajstić information content (AvgIpc) is 2.25. The van der Waals surface area contributed by atoms with Crippen molar-refractivity contribution >= 4 is 28.5 Å². The number of nitrogens with one attached hydrogen (secondary N) is 1. The number of hydrogen-bond donors (Lipinski definition) is 1. The quantitative estimate of drug-likeness (QED) is 0.666. The van der Waals surface area contributed by atoms with E-state index in [1.807, 2.05) is 31.2 Å². The SMILES string of the molecule is CCOCCNC(=O)c1ccc(I)cc1. The van der Waals surface area contributed by atoms with Crippen LogP contribution in [0.25, 0.3) is 0 Å². The van der Waals surface area contributed by atoms with E-state index in [0.29, 0.717) is 25.3 Å². The molecule has 1 aromatic rings. The maximum absolute atomic E-state index is 11.6. The minimum atomic E-state index is -0.0499. The highest BCUT2D eigenvalue weighted by atomic mass is 127. The van der Waals surface area contributed by atoms with Gasteiger partial charge in [0.05, 0.1) is 6.61 Å². The summed E-state index contributed by atoms with van der Waals surface area (Å²) in [5.41, 5.74) is 0.687. The molecule has 1 aromatic carbocycles. The van der Waals surface area contributed by atoms with Gasteiger partial charge in [-0.2, -0.15) is 0 Å². The van der Waals surface area contributed by atoms with E-state index in [4.69, 9.17) is 4.74 Å². The van der Waals surface area contributed by atoms with Crippen molar-refractivity contribution in [2.75, 3.05) is 19.8 Å². The van der Waals surface area contributed by atoms with Gasteiger partial charge in [-0.1, -0.05) is 0 Å². The standard InChI is InChI=1S/C11H14INO2/c1-2-15-8-7-13-11(14)9-3-5-10(12)6-4-9/h3-6H,2,7-8H2,1H3,(H,13,14). The lowest BCUT2D eigenvalue weighted by atomic mass is 10.2. The van der Waals surface area contributed by atoms with Crippen LogP contribution >= 0.6 is 22.6 Å². The molecular formula is C11H14INO2. The Balaban J connectivity index is 2.37. The molecule has 0 aliphatic rings. The van der Waals surface area contributed by atoms with Crippen LogP contribution in [0.4, 0.5) is 0 Å². The Morgan fingerprint density at radius 1 is 1.40 bits per heavy atom. The molecule has 1 amide bonds. The number of benzene rings is 1. The molecule has 3 nitrogen and oxygen atoms in total. The van der Waals surface area contributed by atoms with E-state index in [-0.39, 0.29) is 5.91 Å². The number of carbonyl (C=O) groups excluding carboxylic acids is 1. The summed E-state index contributed by atoms with van der Waals surface area (Å²) in [5, 5.41) is 2.79. The Kier molecular flexibility index (Phi) is 5.63. The van der Waals surface area contributed by atoms with Gasteiger partial charge in [0, 0.05) is 22.3 Å². The van der Waals surface area contributed by atoms with Crippen molar-refractivity contribution in [3.63, 3.8) is 0 Å². The van der Waals surface area contributed by atoms with E-state index in [0.717, 1.165) is 3.57 Å². The summed E-state index contributed by atoms with van der Waals surface area (Å²) in [6.45, 7) is 3.73. The van der Waals surface area contributed by atoms with Crippen molar-refractivity contribution in [2.24, 2.45) is 0 Å². The molecule has 0 saturated carbocycles. The molecule has 0 radical (unpaired) electrons. The van der Waals surface area contributed by atoms with Crippen molar-refractivity contribution in [1.82, 2.24) is 5.32 Å². The summed E-state index contributed by atoms with van der Waals surface area (Å²) in [7, 11) is 0. The van der Waals surface area contributed by atoms with Gasteiger partial charge in [-0.15, -0.1) is 0 Å². The lowest BCUT2D eigenvalue weighted by Crippen LogP contribution is -2.27. The zero-order valence-electron chi connectivity index (χ0n) is 8.63. The number of amides is 1. The number of halogens is 1. The molecule has 4 heteroatoms. The molecule has 0 aliphatic carbocycles. The van der Waals surface area contributed by atoms with Crippen LogP contribution in [0, 0.1) is 3.57 Å². The lowest BCUT2D eigenvalue weighted by molar-refractivity contribution is 0.0922. The second-order valence-electron chi connectivity index (χ2n) is 2.96. The first-order valence-electron chi connectivity index (χ1n) is 4.85. The predicted molar refractivity (Wildman–Crippen MR) is 68.0 cm³/mol. The first-order chi connectivity index (χ1) is 7.24. The molecule has 0 saturated heterocycles. The molecule has 15 heavy (non-hydrogen) atoms. The molecule has 0 aromatic heterocycles. The first kappa shape index (κ1) is 12.4. The maximum atomic E-state index is 11.6. The van der Waals surface area contributed by atoms with Gasteiger partial charge in [-0.3, -0.25) is 4.79 Å². The summed E-state index contributed by atoms with van der Waals surface area (Å²) in [4.78, 5) is 11.6. The Bertz CT molecular complexity index is 311. The van der Waals surface area contributed by atoms with Crippen LogP contribution in [-0.2, 0) is 4.74 Å². The maximum Gasteiger partial charge on any atom is 0.251 e. The monoisotopic (exact) mass is 319 g/mol. The number of hydrogen-bond acceptors (Lipinski definition) is 2. The first-order valence-corrected chi connectivity index (χ1v) is 5.93. The second kappa shape index (κ2) is 6.79. The number of carbonyl (C=O) groups is 1. The van der Waals surface area contributed by atoms with Crippen molar-refractivity contribution in [1.29, 1.82) is 0 Å². The van der Waals surface area contributed by atoms with Gasteiger partial charge < -0.3 is 10.1 Å². The van der Waals surface area contributed by atoms with Crippen LogP contribution in [0.1, 0.15) is 17.3 Å². The van der Waals surface area contributed by atoms with Crippen LogP contribution < -0.4 is 5.32 Å². The van der Waals surface area contributed by atoms with E-state index < -0.39 is 0 Å². The fourth-order valence-electron chi connectivity index (χ4n) is 1.08. The summed E-state index contributed by atoms with van der Waals surface area (Å²) in [6.07, 6.45) is 0. The minimum Gasteiger partial charge on any atom is -0.380 e. The highest BCUT2D eigenvalue weighted by Gasteiger charge is 2.03. The van der Waals surface area contributed by atoms with E-state index in [9.17, 15) is 4.79 Å². The number of ether oxygens (including phenoxy) is 1. The van der Waals surface area contributed by atoms with Crippen molar-refractivity contribution in [3.05, 3.63) is 33.4 Å². The highest BCUT2D eigenvalue weighted by Crippen LogP contribution is 2.06. The Labute approximate surface area is 103 Å². The average molecular weight is 319 g/mol. The summed E-state index contributed by atoms with van der Waals surface area (Å²) in [6, 6.07) is 7.46. The lowest BCUT2D eigenvalue weighted by Gasteiger charge is -2.05. The third-order valence-electron chi connectivity index (χ3n) is 1.84. The van der Waals surface area contributed by atoms with Crippen molar-refractivity contribution < 1.29 is 9.53 Å². The van der Waals surface area contributed by atoms with Crippen molar-refractivity contribution in [3.8, 4) is 0 Å². The zero-order valence-corrected chi connectivity index (χ0v) is 10.8. The van der Waals surface area contributed by atoms with Crippen molar-refractivity contribution in [2.45, 2.75) is 6.92 Å². The van der Waals surface area contributed by atoms with Gasteiger partial charge in [-0.25, -0.2) is 0 Å². The number of rotatable bonds is 5. The van der Waals surface area contributed by atoms with E-state index in [1.165, 1.54) is 0 Å². The third kappa shape index (κ3) is 4.61. The normalized spacial score (nSPS) is 10.0. The van der Waals surface area contributed by atoms with Crippen LogP contribution in [-0.4, -0.2) is 25.7 Å². The summed E-state index contributed by atoms with van der Waals surface area (Å²) < 4.78 is 6.25. The van der Waals surface area contributed by atoms with Crippen LogP contribution in [0.15, 0.2) is 24.3 Å². The highest BCUT2D eigenvalue weighted by molar-refractivity contribution is 14.1. The molecule has 0 aliphatic heterocycles. The topological polar surface area (TPSA) is 38.3 Å². The van der Waals surface area contributed by atoms with Crippen LogP contribution in [0.3, 0.4) is 0 Å². The minimum absolute atomic E-state index is 0.0499. The fraction of sp³-hybridized carbons (Fsp3) is 0.364. The summed E-state index contributed by atoms with van der Waals surface area (Å²) >= 11 is 2.21. The second-order valence-corrected chi connectivity index (χ2v) is 4.21. The van der Waals surface area contributed by atoms with Gasteiger partial charge in [0.1, 0.15) is 0 Å². The van der Waals surface area contributed by atoms with E-state index >= 15 is 0 Å². The fourth-order valence-corrected chi connectivity index (χ4v) is 1.44. The molecule has 0 spiro atoms. The molecule has 1 N–H and O–H groups in total. The van der Waals surface area contributed by atoms with Crippen LogP contribution in [0.2, 0.25) is 0 Å². The molecular weight excluding hydrogens is 305 g/mol. The smallest absolute Gasteiger partial charge is 0.251 e. The van der Waals surface area contributed by atoms with Crippen LogP contribution in [0.5, 0.6) is 0 Å². The molecule has 0 heterocycles. The third-order valence-corrected chi connectivity index (χ3v) is 2.56. The Morgan fingerprint density at radius 3 is 2.67 bits per heavy atom. The molecule has 0 fully saturated rings.